The highest BCUT2D eigenvalue weighted by Gasteiger charge is 2.23. The highest BCUT2D eigenvalue weighted by Crippen LogP contribution is 2.40. The fourth-order valence-electron chi connectivity index (χ4n) is 6.03. The number of nitrogens with one attached hydrogen (secondary N) is 1. The summed E-state index contributed by atoms with van der Waals surface area (Å²) in [6.07, 6.45) is 12.2. The summed E-state index contributed by atoms with van der Waals surface area (Å²) in [4.78, 5) is 4.60. The normalized spacial score (nSPS) is 15.4. The summed E-state index contributed by atoms with van der Waals surface area (Å²) < 4.78 is 5.37. The number of methoxy groups -OCH3 is 1. The zero-order valence-electron chi connectivity index (χ0n) is 21.4. The number of benzene rings is 4. The molecule has 1 saturated heterocycles. The van der Waals surface area contributed by atoms with Crippen molar-refractivity contribution >= 4 is 51.4 Å². The molecule has 0 bridgehead atoms. The van der Waals surface area contributed by atoms with E-state index in [1.54, 1.807) is 7.11 Å². The molecular formula is C33H28N4O. The maximum absolute atomic E-state index is 10.4. The van der Waals surface area contributed by atoms with Gasteiger partial charge in [-0.15, -0.1) is 0 Å². The molecule has 3 aliphatic rings. The molecule has 4 aromatic rings. The van der Waals surface area contributed by atoms with Crippen LogP contribution in [0.25, 0.3) is 22.9 Å². The van der Waals surface area contributed by atoms with Gasteiger partial charge in [0.05, 0.1) is 29.7 Å². The van der Waals surface area contributed by atoms with Crippen LogP contribution in [0.15, 0.2) is 72.9 Å². The van der Waals surface area contributed by atoms with E-state index in [-0.39, 0.29) is 0 Å². The minimum atomic E-state index is 0.775. The number of hydrogen-bond acceptors (Lipinski definition) is 5. The first-order chi connectivity index (χ1) is 18.7. The van der Waals surface area contributed by atoms with Gasteiger partial charge in [-0.2, -0.15) is 5.26 Å². The van der Waals surface area contributed by atoms with Crippen LogP contribution in [0.5, 0.6) is 5.75 Å². The Labute approximate surface area is 222 Å². The molecule has 1 N–H and O–H groups in total. The lowest BCUT2D eigenvalue weighted by molar-refractivity contribution is 0.415. The first-order valence-electron chi connectivity index (χ1n) is 13.2. The molecule has 186 valence electrons. The second-order valence-electron chi connectivity index (χ2n) is 10.1. The van der Waals surface area contributed by atoms with Gasteiger partial charge >= 0.3 is 0 Å². The highest BCUT2D eigenvalue weighted by atomic mass is 16.5. The van der Waals surface area contributed by atoms with Gasteiger partial charge in [0.15, 0.2) is 0 Å². The van der Waals surface area contributed by atoms with Gasteiger partial charge in [-0.05, 0) is 73.2 Å². The molecule has 3 aliphatic heterocycles. The fourth-order valence-corrected chi connectivity index (χ4v) is 6.03. The molecule has 1 fully saturated rings. The standard InChI is InChI=1S/C33H28N4O/c1-38-26-13-11-25(12-14-26)37-19-5-6-23-7-8-24-20-27-29(35-32(24)33(23)37)15-9-22-10-16-30(28(21-34)31(22)27)36-17-3-2-4-18-36/h5-16,19-20,35H,2-4,17-18H2,1H3. The van der Waals surface area contributed by atoms with E-state index in [2.05, 4.69) is 94.1 Å². The number of anilines is 5. The van der Waals surface area contributed by atoms with Crippen LogP contribution in [0, 0.1) is 11.3 Å². The van der Waals surface area contributed by atoms with E-state index in [4.69, 9.17) is 4.74 Å². The Bertz CT molecular complexity index is 1770. The van der Waals surface area contributed by atoms with Crippen LogP contribution in [-0.2, 0) is 0 Å². The molecule has 5 nitrogen and oxygen atoms in total. The molecule has 0 saturated carbocycles. The second kappa shape index (κ2) is 9.00. The first kappa shape index (κ1) is 22.5. The van der Waals surface area contributed by atoms with Gasteiger partial charge in [-0.1, -0.05) is 30.3 Å². The summed E-state index contributed by atoms with van der Waals surface area (Å²) in [7, 11) is 1.69. The zero-order valence-corrected chi connectivity index (χ0v) is 21.4. The van der Waals surface area contributed by atoms with Crippen molar-refractivity contribution in [2.45, 2.75) is 19.3 Å². The van der Waals surface area contributed by atoms with Gasteiger partial charge in [0, 0.05) is 52.1 Å². The summed E-state index contributed by atoms with van der Waals surface area (Å²) in [6, 6.07) is 23.6. The number of nitriles is 1. The minimum absolute atomic E-state index is 0.775. The van der Waals surface area contributed by atoms with Gasteiger partial charge in [-0.25, -0.2) is 0 Å². The Morgan fingerprint density at radius 1 is 0.895 bits per heavy atom. The largest absolute Gasteiger partial charge is 0.497 e. The van der Waals surface area contributed by atoms with Gasteiger partial charge in [0.2, 0.25) is 0 Å². The molecule has 0 amide bonds. The molecule has 0 spiro atoms. The van der Waals surface area contributed by atoms with Crippen molar-refractivity contribution in [3.63, 3.8) is 0 Å². The van der Waals surface area contributed by atoms with Crippen molar-refractivity contribution in [2.24, 2.45) is 0 Å². The lowest BCUT2D eigenvalue weighted by Gasteiger charge is -2.31. The number of piperidine rings is 1. The topological polar surface area (TPSA) is 51.5 Å². The number of rotatable bonds is 3. The van der Waals surface area contributed by atoms with E-state index in [1.165, 1.54) is 19.3 Å². The van der Waals surface area contributed by atoms with E-state index in [9.17, 15) is 5.26 Å². The molecule has 0 radical (unpaired) electrons. The molecule has 5 heteroatoms. The van der Waals surface area contributed by atoms with E-state index < -0.39 is 0 Å². The average molecular weight is 497 g/mol. The van der Waals surface area contributed by atoms with E-state index in [1.807, 2.05) is 12.1 Å². The molecule has 3 heterocycles. The minimum Gasteiger partial charge on any atom is -0.497 e. The molecule has 38 heavy (non-hydrogen) atoms. The van der Waals surface area contributed by atoms with Crippen molar-refractivity contribution in [2.75, 3.05) is 35.3 Å². The lowest BCUT2D eigenvalue weighted by atomic mass is 9.93. The summed E-state index contributed by atoms with van der Waals surface area (Å²) in [5.41, 5.74) is 7.18. The summed E-state index contributed by atoms with van der Waals surface area (Å²) in [6.45, 7) is 2.02. The summed E-state index contributed by atoms with van der Waals surface area (Å²) >= 11 is 0. The monoisotopic (exact) mass is 496 g/mol. The molecule has 0 aliphatic carbocycles. The Morgan fingerprint density at radius 3 is 2.47 bits per heavy atom. The third-order valence-electron chi connectivity index (χ3n) is 7.92. The van der Waals surface area contributed by atoms with Gasteiger partial charge in [0.1, 0.15) is 11.8 Å². The van der Waals surface area contributed by atoms with Crippen LogP contribution in [0.3, 0.4) is 0 Å². The number of ether oxygens (including phenoxy) is 1. The first-order valence-corrected chi connectivity index (χ1v) is 13.2. The molecule has 0 aromatic heterocycles. The predicted octanol–water partition coefficient (Wildman–Crippen LogP) is 6.04. The lowest BCUT2D eigenvalue weighted by Crippen LogP contribution is -2.30. The quantitative estimate of drug-likeness (QED) is 0.330. The highest BCUT2D eigenvalue weighted by molar-refractivity contribution is 6.05. The number of fused-ring (bicyclic) bond motifs is 6. The van der Waals surface area contributed by atoms with Gasteiger partial charge < -0.3 is 19.9 Å². The van der Waals surface area contributed by atoms with Crippen LogP contribution in [0.4, 0.5) is 28.4 Å². The van der Waals surface area contributed by atoms with Crippen LogP contribution < -0.4 is 30.3 Å². The maximum Gasteiger partial charge on any atom is 0.119 e. The molecule has 0 atom stereocenters. The fraction of sp³-hybridized carbons (Fsp3) is 0.182. The second-order valence-corrected chi connectivity index (χ2v) is 10.1. The Morgan fingerprint density at radius 2 is 1.68 bits per heavy atom. The third kappa shape index (κ3) is 3.53. The number of nitrogens with zero attached hydrogens (tertiary/aromatic N) is 3. The van der Waals surface area contributed by atoms with Crippen molar-refractivity contribution in [1.29, 1.82) is 5.26 Å². The average Bonchev–Trinajstić information content (AvgIpc) is 2.99. The van der Waals surface area contributed by atoms with Crippen molar-refractivity contribution < 1.29 is 4.74 Å². The number of allylic oxidation sites excluding steroid dienone is 1. The molecule has 7 rings (SSSR count). The summed E-state index contributed by atoms with van der Waals surface area (Å²) in [5, 5.41) is 18.5. The van der Waals surface area contributed by atoms with Gasteiger partial charge in [0.25, 0.3) is 0 Å². The van der Waals surface area contributed by atoms with Crippen LogP contribution in [0.2, 0.25) is 0 Å². The van der Waals surface area contributed by atoms with Crippen molar-refractivity contribution in [1.82, 2.24) is 0 Å². The van der Waals surface area contributed by atoms with E-state index >= 15 is 0 Å². The summed E-state index contributed by atoms with van der Waals surface area (Å²) in [5.74, 6) is 0.834. The smallest absolute Gasteiger partial charge is 0.119 e. The number of hydrogen-bond donors (Lipinski definition) is 1. The predicted molar refractivity (Wildman–Crippen MR) is 156 cm³/mol. The SMILES string of the molecule is COc1ccc(N2C=CC=c3ccc4c(c32)Nc2ccc3ccc(N5CCCCC5)c(C#N)c3c2C=4)cc1. The molecule has 4 aromatic carbocycles. The van der Waals surface area contributed by atoms with Crippen LogP contribution >= 0.6 is 0 Å². The maximum atomic E-state index is 10.4. The Balaban J connectivity index is 1.42. The van der Waals surface area contributed by atoms with Crippen molar-refractivity contribution in [3.8, 4) is 11.8 Å². The van der Waals surface area contributed by atoms with E-state index in [0.717, 1.165) is 79.6 Å². The Kier molecular flexibility index (Phi) is 5.33. The third-order valence-corrected chi connectivity index (χ3v) is 7.92. The van der Waals surface area contributed by atoms with E-state index in [0.29, 0.717) is 0 Å². The van der Waals surface area contributed by atoms with Crippen LogP contribution in [-0.4, -0.2) is 20.2 Å². The molecule has 0 unspecified atom stereocenters. The van der Waals surface area contributed by atoms with Crippen molar-refractivity contribution in [3.05, 3.63) is 94.5 Å². The van der Waals surface area contributed by atoms with Crippen LogP contribution in [0.1, 0.15) is 30.4 Å². The molecular weight excluding hydrogens is 468 g/mol. The van der Waals surface area contributed by atoms with Gasteiger partial charge in [-0.3, -0.25) is 0 Å². The zero-order chi connectivity index (χ0) is 25.6. The Hall–Kier alpha value is -4.69.